The largest absolute Gasteiger partial charge is 0.465 e. The van der Waals surface area contributed by atoms with Crippen molar-refractivity contribution in [2.24, 2.45) is 7.05 Å². The first-order valence-corrected chi connectivity index (χ1v) is 13.3. The molecule has 0 radical (unpaired) electrons. The van der Waals surface area contributed by atoms with E-state index >= 15 is 0 Å². The van der Waals surface area contributed by atoms with Crippen molar-refractivity contribution in [1.82, 2.24) is 9.78 Å². The molecule has 0 saturated carbocycles. The predicted molar refractivity (Wildman–Crippen MR) is 132 cm³/mol. The van der Waals surface area contributed by atoms with Crippen LogP contribution < -0.4 is 4.74 Å². The fourth-order valence-corrected chi connectivity index (χ4v) is 5.18. The Morgan fingerprint density at radius 1 is 1.11 bits per heavy atom. The van der Waals surface area contributed by atoms with Gasteiger partial charge < -0.3 is 9.47 Å². The molecule has 0 unspecified atom stereocenters. The van der Waals surface area contributed by atoms with Crippen molar-refractivity contribution in [2.45, 2.75) is 18.7 Å². The lowest BCUT2D eigenvalue weighted by Gasteiger charge is -2.18. The first-order valence-electron chi connectivity index (χ1n) is 10.4. The molecule has 184 valence electrons. The summed E-state index contributed by atoms with van der Waals surface area (Å²) in [5.41, 5.74) is 0.458. The summed E-state index contributed by atoms with van der Waals surface area (Å²) in [7, 11) is -1.39. The van der Waals surface area contributed by atoms with Crippen LogP contribution in [0.5, 0.6) is 5.88 Å². The molecule has 1 heterocycles. The number of ketones is 1. The number of thioether (sulfide) groups is 1. The predicted octanol–water partition coefficient (Wildman–Crippen LogP) is 4.07. The minimum atomic E-state index is -4.04. The van der Waals surface area contributed by atoms with Crippen molar-refractivity contribution >= 4 is 38.7 Å². The van der Waals surface area contributed by atoms with E-state index in [1.54, 1.807) is 37.3 Å². The molecule has 0 aliphatic rings. The van der Waals surface area contributed by atoms with Gasteiger partial charge in [-0.3, -0.25) is 4.79 Å². The summed E-state index contributed by atoms with van der Waals surface area (Å²) in [5.74, 6) is -0.902. The van der Waals surface area contributed by atoms with Gasteiger partial charge in [-0.05, 0) is 30.3 Å². The van der Waals surface area contributed by atoms with Gasteiger partial charge in [0.1, 0.15) is 0 Å². The van der Waals surface area contributed by atoms with Crippen molar-refractivity contribution in [3.05, 3.63) is 64.8 Å². The van der Waals surface area contributed by atoms with Crippen LogP contribution >= 0.6 is 11.8 Å². The van der Waals surface area contributed by atoms with E-state index in [-0.39, 0.29) is 38.6 Å². The zero-order valence-corrected chi connectivity index (χ0v) is 21.5. The van der Waals surface area contributed by atoms with Crippen LogP contribution in [0.2, 0.25) is 0 Å². The summed E-state index contributed by atoms with van der Waals surface area (Å²) in [4.78, 5) is 38.1. The van der Waals surface area contributed by atoms with Gasteiger partial charge in [0.05, 0.1) is 29.3 Å². The van der Waals surface area contributed by atoms with E-state index in [1.165, 1.54) is 30.9 Å². The Morgan fingerprint density at radius 3 is 2.34 bits per heavy atom. The number of aromatic nitrogens is 2. The Kier molecular flexibility index (Phi) is 7.81. The maximum atomic E-state index is 13.4. The molecular weight excluding hydrogens is 492 g/mol. The number of benzene rings is 2. The first kappa shape index (κ1) is 26.2. The summed E-state index contributed by atoms with van der Waals surface area (Å²) >= 11 is 0.923. The van der Waals surface area contributed by atoms with E-state index in [0.29, 0.717) is 11.3 Å². The van der Waals surface area contributed by atoms with Crippen molar-refractivity contribution in [3.63, 3.8) is 0 Å². The number of hydrogen-bond acceptors (Lipinski definition) is 9. The molecule has 0 aliphatic heterocycles. The number of nitrogens with zero attached hydrogens (tertiary/aromatic N) is 2. The third kappa shape index (κ3) is 5.30. The Hall–Kier alpha value is -3.44. The number of ether oxygens (including phenoxy) is 2. The molecule has 3 rings (SSSR count). The SMILES string of the molecule is CCSC(=O)Oc1c(-c2cc(C(=O)c3ccccc3)c(C)c(C(=O)OC)c2S(C)(=O)=O)cnn1C. The molecule has 11 heteroatoms. The van der Waals surface area contributed by atoms with E-state index in [0.717, 1.165) is 25.1 Å². The standard InChI is InChI=1S/C24H24N2O7S2/c1-6-34-24(29)33-22-18(13-25-26(22)3)17-12-16(20(27)15-10-8-7-9-11-15)14(2)19(23(28)32-4)21(17)35(5,30)31/h7-13H,6H2,1-5H3. The van der Waals surface area contributed by atoms with Crippen LogP contribution in [-0.4, -0.2) is 54.4 Å². The number of sulfone groups is 1. The smallest absolute Gasteiger partial charge is 0.374 e. The minimum absolute atomic E-state index is 0.00446. The van der Waals surface area contributed by atoms with E-state index in [9.17, 15) is 22.8 Å². The Morgan fingerprint density at radius 2 is 1.77 bits per heavy atom. The molecule has 0 spiro atoms. The van der Waals surface area contributed by atoms with Crippen LogP contribution in [-0.2, 0) is 21.6 Å². The molecule has 0 saturated heterocycles. The van der Waals surface area contributed by atoms with E-state index in [1.807, 2.05) is 0 Å². The lowest BCUT2D eigenvalue weighted by Crippen LogP contribution is -2.17. The van der Waals surface area contributed by atoms with Gasteiger partial charge >= 0.3 is 11.3 Å². The summed E-state index contributed by atoms with van der Waals surface area (Å²) in [6.45, 7) is 3.27. The molecule has 0 atom stereocenters. The number of hydrogen-bond donors (Lipinski definition) is 0. The van der Waals surface area contributed by atoms with Gasteiger partial charge in [-0.1, -0.05) is 37.3 Å². The van der Waals surface area contributed by atoms with Crippen LogP contribution in [0.4, 0.5) is 4.79 Å². The van der Waals surface area contributed by atoms with Crippen LogP contribution in [0.25, 0.3) is 11.1 Å². The van der Waals surface area contributed by atoms with Crippen LogP contribution in [0.1, 0.15) is 38.8 Å². The minimum Gasteiger partial charge on any atom is -0.465 e. The second-order valence-corrected chi connectivity index (χ2v) is 10.7. The number of methoxy groups -OCH3 is 1. The molecule has 0 amide bonds. The second-order valence-electron chi connectivity index (χ2n) is 7.53. The molecule has 3 aromatic rings. The zero-order chi connectivity index (χ0) is 25.9. The van der Waals surface area contributed by atoms with Gasteiger partial charge in [0.2, 0.25) is 5.88 Å². The van der Waals surface area contributed by atoms with Gasteiger partial charge in [0.15, 0.2) is 15.6 Å². The molecule has 0 aliphatic carbocycles. The van der Waals surface area contributed by atoms with E-state index < -0.39 is 26.9 Å². The van der Waals surface area contributed by atoms with Crippen molar-refractivity contribution < 1.29 is 32.3 Å². The highest BCUT2D eigenvalue weighted by Gasteiger charge is 2.32. The quantitative estimate of drug-likeness (QED) is 0.338. The summed E-state index contributed by atoms with van der Waals surface area (Å²) < 4.78 is 37.6. The summed E-state index contributed by atoms with van der Waals surface area (Å²) in [6, 6.07) is 9.76. The zero-order valence-electron chi connectivity index (χ0n) is 19.8. The number of carbonyl (C=O) groups excluding carboxylic acids is 3. The van der Waals surface area contributed by atoms with Crippen LogP contribution in [0, 0.1) is 6.92 Å². The number of rotatable bonds is 7. The van der Waals surface area contributed by atoms with E-state index in [2.05, 4.69) is 5.10 Å². The van der Waals surface area contributed by atoms with Gasteiger partial charge in [-0.2, -0.15) is 5.10 Å². The van der Waals surface area contributed by atoms with Crippen molar-refractivity contribution in [3.8, 4) is 17.0 Å². The van der Waals surface area contributed by atoms with Gasteiger partial charge in [0, 0.05) is 35.7 Å². The fraction of sp³-hybridized carbons (Fsp3) is 0.250. The van der Waals surface area contributed by atoms with Gasteiger partial charge in [-0.25, -0.2) is 22.7 Å². The Bertz CT molecular complexity index is 1410. The Labute approximate surface area is 207 Å². The lowest BCUT2D eigenvalue weighted by atomic mass is 9.91. The molecule has 2 aromatic carbocycles. The van der Waals surface area contributed by atoms with E-state index in [4.69, 9.17) is 9.47 Å². The molecular formula is C24H24N2O7S2. The molecule has 0 bridgehead atoms. The lowest BCUT2D eigenvalue weighted by molar-refractivity contribution is 0.0595. The van der Waals surface area contributed by atoms with Crippen LogP contribution in [0.3, 0.4) is 0 Å². The molecule has 0 fully saturated rings. The number of esters is 1. The maximum absolute atomic E-state index is 13.4. The normalized spacial score (nSPS) is 11.2. The highest BCUT2D eigenvalue weighted by molar-refractivity contribution is 8.13. The molecule has 35 heavy (non-hydrogen) atoms. The summed E-state index contributed by atoms with van der Waals surface area (Å²) in [6.07, 6.45) is 2.27. The third-order valence-corrected chi connectivity index (χ3v) is 6.97. The highest BCUT2D eigenvalue weighted by Crippen LogP contribution is 2.40. The average molecular weight is 517 g/mol. The third-order valence-electron chi connectivity index (χ3n) is 5.20. The van der Waals surface area contributed by atoms with Crippen molar-refractivity contribution in [2.75, 3.05) is 19.1 Å². The highest BCUT2D eigenvalue weighted by atomic mass is 32.2. The van der Waals surface area contributed by atoms with Crippen molar-refractivity contribution in [1.29, 1.82) is 0 Å². The van der Waals surface area contributed by atoms with Crippen LogP contribution in [0.15, 0.2) is 47.5 Å². The summed E-state index contributed by atoms with van der Waals surface area (Å²) in [5, 5.41) is 3.50. The monoisotopic (exact) mass is 516 g/mol. The fourth-order valence-electron chi connectivity index (χ4n) is 3.63. The second kappa shape index (κ2) is 10.4. The van der Waals surface area contributed by atoms with Gasteiger partial charge in [0.25, 0.3) is 0 Å². The maximum Gasteiger partial charge on any atom is 0.374 e. The number of carbonyl (C=O) groups is 3. The first-order chi connectivity index (χ1) is 16.5. The Balaban J connectivity index is 2.42. The molecule has 0 N–H and O–H groups in total. The average Bonchev–Trinajstić information content (AvgIpc) is 3.17. The molecule has 9 nitrogen and oxygen atoms in total. The number of aryl methyl sites for hydroxylation is 1. The molecule has 1 aromatic heterocycles. The topological polar surface area (TPSA) is 122 Å². The van der Waals surface area contributed by atoms with Gasteiger partial charge in [-0.15, -0.1) is 0 Å².